The normalized spacial score (nSPS) is 16.5. The summed E-state index contributed by atoms with van der Waals surface area (Å²) in [6.45, 7) is 0. The molecule has 0 saturated carbocycles. The van der Waals surface area contributed by atoms with Gasteiger partial charge in [0.25, 0.3) is 0 Å². The van der Waals surface area contributed by atoms with E-state index in [0.717, 1.165) is 0 Å². The monoisotopic (exact) mass is 110 g/mol. The Kier molecular flexibility index (Phi) is 1.51. The van der Waals surface area contributed by atoms with E-state index in [4.69, 9.17) is 10.0 Å². The number of hydrogen-bond acceptors (Lipinski definition) is 2. The van der Waals surface area contributed by atoms with E-state index < -0.39 is 7.12 Å². The Hall–Kier alpha value is -0.535. The van der Waals surface area contributed by atoms with Crippen LogP contribution in [0.1, 0.15) is 6.42 Å². The van der Waals surface area contributed by atoms with Gasteiger partial charge in [-0.1, -0.05) is 18.2 Å². The van der Waals surface area contributed by atoms with Gasteiger partial charge in [0, 0.05) is 0 Å². The van der Waals surface area contributed by atoms with Crippen molar-refractivity contribution >= 4 is 7.12 Å². The van der Waals surface area contributed by atoms with Gasteiger partial charge in [0.2, 0.25) is 0 Å². The third-order valence-electron chi connectivity index (χ3n) is 1.13. The molecule has 0 amide bonds. The lowest BCUT2D eigenvalue weighted by atomic mass is 9.79. The zero-order valence-electron chi connectivity index (χ0n) is 4.41. The van der Waals surface area contributed by atoms with Crippen molar-refractivity contribution < 1.29 is 10.0 Å². The Balaban J connectivity index is 2.51. The highest BCUT2D eigenvalue weighted by Gasteiger charge is 2.13. The van der Waals surface area contributed by atoms with Gasteiger partial charge in [-0.2, -0.15) is 0 Å². The highest BCUT2D eigenvalue weighted by molar-refractivity contribution is 6.50. The molecule has 0 atom stereocenters. The molecule has 2 nitrogen and oxygen atoms in total. The van der Waals surface area contributed by atoms with Crippen LogP contribution in [0.4, 0.5) is 0 Å². The van der Waals surface area contributed by atoms with Crippen LogP contribution in [-0.2, 0) is 0 Å². The lowest BCUT2D eigenvalue weighted by Crippen LogP contribution is -2.13. The molecule has 0 radical (unpaired) electrons. The van der Waals surface area contributed by atoms with Gasteiger partial charge in [0.15, 0.2) is 0 Å². The molecule has 0 saturated heterocycles. The molecule has 1 aliphatic rings. The van der Waals surface area contributed by atoms with Crippen molar-refractivity contribution in [2.75, 3.05) is 0 Å². The predicted octanol–water partition coefficient (Wildman–Crippen LogP) is -0.115. The standard InChI is InChI=1S/C5H7BO2/c7-6(8)5-3-1-2-4-5/h1-3,7-8H,4H2. The van der Waals surface area contributed by atoms with Crippen LogP contribution in [0.15, 0.2) is 23.7 Å². The second-order valence-electron chi connectivity index (χ2n) is 1.75. The van der Waals surface area contributed by atoms with Crippen LogP contribution in [0.2, 0.25) is 0 Å². The fourth-order valence-electron chi connectivity index (χ4n) is 0.655. The molecule has 0 bridgehead atoms. The minimum Gasteiger partial charge on any atom is -0.423 e. The van der Waals surface area contributed by atoms with Crippen molar-refractivity contribution in [3.63, 3.8) is 0 Å². The molecule has 0 spiro atoms. The quantitative estimate of drug-likeness (QED) is 0.462. The second-order valence-corrected chi connectivity index (χ2v) is 1.75. The number of hydrogen-bond donors (Lipinski definition) is 2. The molecule has 3 heteroatoms. The first kappa shape index (κ1) is 5.60. The van der Waals surface area contributed by atoms with Crippen LogP contribution >= 0.6 is 0 Å². The van der Waals surface area contributed by atoms with Crippen molar-refractivity contribution in [3.8, 4) is 0 Å². The van der Waals surface area contributed by atoms with E-state index in [1.54, 1.807) is 6.08 Å². The molecule has 0 unspecified atom stereocenters. The smallest absolute Gasteiger partial charge is 0.423 e. The Morgan fingerprint density at radius 3 is 2.50 bits per heavy atom. The maximum absolute atomic E-state index is 8.50. The van der Waals surface area contributed by atoms with Crippen LogP contribution in [0.5, 0.6) is 0 Å². The van der Waals surface area contributed by atoms with E-state index in [1.807, 2.05) is 12.2 Å². The summed E-state index contributed by atoms with van der Waals surface area (Å²) < 4.78 is 0. The zero-order valence-corrected chi connectivity index (χ0v) is 4.41. The van der Waals surface area contributed by atoms with Gasteiger partial charge < -0.3 is 10.0 Å². The predicted molar refractivity (Wildman–Crippen MR) is 32.0 cm³/mol. The lowest BCUT2D eigenvalue weighted by Gasteiger charge is -1.94. The van der Waals surface area contributed by atoms with Gasteiger partial charge in [0.1, 0.15) is 0 Å². The fourth-order valence-corrected chi connectivity index (χ4v) is 0.655. The molecular weight excluding hydrogens is 103 g/mol. The van der Waals surface area contributed by atoms with Crippen LogP contribution < -0.4 is 0 Å². The summed E-state index contributed by atoms with van der Waals surface area (Å²) in [7, 11) is -1.26. The molecule has 8 heavy (non-hydrogen) atoms. The molecule has 0 heterocycles. The van der Waals surface area contributed by atoms with E-state index in [0.29, 0.717) is 11.9 Å². The van der Waals surface area contributed by atoms with Crippen LogP contribution in [0.25, 0.3) is 0 Å². The van der Waals surface area contributed by atoms with Gasteiger partial charge in [0.05, 0.1) is 0 Å². The Morgan fingerprint density at radius 1 is 1.50 bits per heavy atom. The lowest BCUT2D eigenvalue weighted by molar-refractivity contribution is 0.418. The summed E-state index contributed by atoms with van der Waals surface area (Å²) in [5.74, 6) is 0. The Labute approximate surface area is 48.3 Å². The van der Waals surface area contributed by atoms with E-state index in [9.17, 15) is 0 Å². The summed E-state index contributed by atoms with van der Waals surface area (Å²) in [5, 5.41) is 17.0. The maximum atomic E-state index is 8.50. The van der Waals surface area contributed by atoms with Crippen LogP contribution in [0, 0.1) is 0 Å². The summed E-state index contributed by atoms with van der Waals surface area (Å²) in [4.78, 5) is 0. The van der Waals surface area contributed by atoms with E-state index >= 15 is 0 Å². The third-order valence-corrected chi connectivity index (χ3v) is 1.13. The molecule has 0 aromatic rings. The number of allylic oxidation sites excluding steroid dienone is 4. The fraction of sp³-hybridized carbons (Fsp3) is 0.200. The molecule has 0 aromatic carbocycles. The number of rotatable bonds is 1. The third kappa shape index (κ3) is 0.995. The summed E-state index contributed by atoms with van der Waals surface area (Å²) in [6, 6.07) is 0. The van der Waals surface area contributed by atoms with E-state index in [2.05, 4.69) is 0 Å². The molecule has 0 fully saturated rings. The van der Waals surface area contributed by atoms with Crippen molar-refractivity contribution in [2.24, 2.45) is 0 Å². The first-order valence-electron chi connectivity index (χ1n) is 2.52. The zero-order chi connectivity index (χ0) is 5.98. The topological polar surface area (TPSA) is 40.5 Å². The summed E-state index contributed by atoms with van der Waals surface area (Å²) in [6.07, 6.45) is 6.09. The first-order valence-corrected chi connectivity index (χ1v) is 2.52. The van der Waals surface area contributed by atoms with Crippen LogP contribution in [-0.4, -0.2) is 17.2 Å². The average molecular weight is 110 g/mol. The highest BCUT2D eigenvalue weighted by atomic mass is 16.4. The maximum Gasteiger partial charge on any atom is 0.484 e. The largest absolute Gasteiger partial charge is 0.484 e. The Morgan fingerprint density at radius 2 is 2.25 bits per heavy atom. The minimum atomic E-state index is -1.26. The highest BCUT2D eigenvalue weighted by Crippen LogP contribution is 2.09. The van der Waals surface area contributed by atoms with Gasteiger partial charge in [-0.15, -0.1) is 0 Å². The van der Waals surface area contributed by atoms with Crippen molar-refractivity contribution in [2.45, 2.75) is 6.42 Å². The van der Waals surface area contributed by atoms with E-state index in [1.165, 1.54) is 0 Å². The summed E-state index contributed by atoms with van der Waals surface area (Å²) in [5.41, 5.74) is 0.671. The van der Waals surface area contributed by atoms with Crippen molar-refractivity contribution in [3.05, 3.63) is 23.7 Å². The molecule has 0 aliphatic heterocycles. The van der Waals surface area contributed by atoms with Gasteiger partial charge in [-0.25, -0.2) is 0 Å². The molecule has 1 rings (SSSR count). The molecule has 1 aliphatic carbocycles. The SMILES string of the molecule is OB(O)C1=CC=CC1. The van der Waals surface area contributed by atoms with Gasteiger partial charge in [-0.3, -0.25) is 0 Å². The van der Waals surface area contributed by atoms with E-state index in [-0.39, 0.29) is 0 Å². The van der Waals surface area contributed by atoms with Crippen LogP contribution in [0.3, 0.4) is 0 Å². The average Bonchev–Trinajstić information content (AvgIpc) is 2.12. The minimum absolute atomic E-state index is 0.671. The van der Waals surface area contributed by atoms with Crippen molar-refractivity contribution in [1.82, 2.24) is 0 Å². The van der Waals surface area contributed by atoms with Gasteiger partial charge >= 0.3 is 7.12 Å². The molecular formula is C5H7BO2. The summed E-state index contributed by atoms with van der Waals surface area (Å²) >= 11 is 0. The Bertz CT molecular complexity index is 137. The first-order chi connectivity index (χ1) is 3.80. The van der Waals surface area contributed by atoms with Gasteiger partial charge in [-0.05, 0) is 11.9 Å². The second kappa shape index (κ2) is 2.16. The van der Waals surface area contributed by atoms with Crippen molar-refractivity contribution in [1.29, 1.82) is 0 Å². The molecule has 42 valence electrons. The molecule has 0 aromatic heterocycles. The molecule has 2 N–H and O–H groups in total.